The normalized spacial score (nSPS) is 10.8. The molecule has 0 aromatic heterocycles. The molecule has 0 fully saturated rings. The first kappa shape index (κ1) is 10.6. The van der Waals surface area contributed by atoms with E-state index < -0.39 is 0 Å². The number of nitrogens with two attached hydrogens (primary N) is 1. The summed E-state index contributed by atoms with van der Waals surface area (Å²) in [6, 6.07) is 8.54. The quantitative estimate of drug-likeness (QED) is 0.744. The van der Waals surface area contributed by atoms with Crippen molar-refractivity contribution in [2.75, 3.05) is 20.6 Å². The van der Waals surface area contributed by atoms with Gasteiger partial charge in [-0.05, 0) is 56.7 Å². The molecule has 0 atom stereocenters. The van der Waals surface area contributed by atoms with Crippen LogP contribution in [0.25, 0.3) is 0 Å². The molecule has 72 valence electrons. The monoisotopic (exact) mass is 196 g/mol. The summed E-state index contributed by atoms with van der Waals surface area (Å²) in [7, 11) is 4.08. The first-order valence-electron chi connectivity index (χ1n) is 4.36. The van der Waals surface area contributed by atoms with E-state index in [2.05, 4.69) is 28.6 Å². The zero-order chi connectivity index (χ0) is 9.68. The van der Waals surface area contributed by atoms with Crippen LogP contribution in [0.4, 0.5) is 0 Å². The lowest BCUT2D eigenvalue weighted by atomic mass is 10.2. The second-order valence-corrected chi connectivity index (χ2v) is 4.47. The lowest BCUT2D eigenvalue weighted by molar-refractivity contribution is 0.702. The molecule has 0 spiro atoms. The van der Waals surface area contributed by atoms with E-state index in [1.54, 1.807) is 11.9 Å². The van der Waals surface area contributed by atoms with Crippen LogP contribution < -0.4 is 5.73 Å². The van der Waals surface area contributed by atoms with Crippen molar-refractivity contribution in [3.8, 4) is 0 Å². The summed E-state index contributed by atoms with van der Waals surface area (Å²) in [4.78, 5) is 1.27. The Kier molecular flexibility index (Phi) is 4.28. The summed E-state index contributed by atoms with van der Waals surface area (Å²) < 4.78 is 2.08. The van der Waals surface area contributed by atoms with E-state index in [1.807, 2.05) is 14.1 Å². The molecular weight excluding hydrogens is 180 g/mol. The van der Waals surface area contributed by atoms with E-state index in [-0.39, 0.29) is 0 Å². The highest BCUT2D eigenvalue weighted by molar-refractivity contribution is 7.97. The van der Waals surface area contributed by atoms with Crippen LogP contribution in [0.15, 0.2) is 29.2 Å². The van der Waals surface area contributed by atoms with Gasteiger partial charge in [-0.2, -0.15) is 0 Å². The standard InChI is InChI=1S/C10H16N2S/c1-12(2)13-10-5-3-9(4-6-10)7-8-11/h3-6H,7-8,11H2,1-2H3. The van der Waals surface area contributed by atoms with Crippen LogP contribution in [0, 0.1) is 0 Å². The molecule has 0 amide bonds. The number of nitrogens with zero attached hydrogens (tertiary/aromatic N) is 1. The van der Waals surface area contributed by atoms with E-state index in [0.29, 0.717) is 0 Å². The van der Waals surface area contributed by atoms with Gasteiger partial charge in [0.25, 0.3) is 0 Å². The molecular formula is C10H16N2S. The van der Waals surface area contributed by atoms with Gasteiger partial charge in [0.2, 0.25) is 0 Å². The minimum absolute atomic E-state index is 0.722. The van der Waals surface area contributed by atoms with Crippen LogP contribution in [-0.2, 0) is 6.42 Å². The summed E-state index contributed by atoms with van der Waals surface area (Å²) in [6.45, 7) is 0.722. The third-order valence-corrected chi connectivity index (χ3v) is 2.49. The Balaban J connectivity index is 2.59. The van der Waals surface area contributed by atoms with E-state index in [0.717, 1.165) is 13.0 Å². The maximum absolute atomic E-state index is 5.47. The Morgan fingerprint density at radius 3 is 2.31 bits per heavy atom. The van der Waals surface area contributed by atoms with Gasteiger partial charge >= 0.3 is 0 Å². The zero-order valence-corrected chi connectivity index (χ0v) is 8.97. The largest absolute Gasteiger partial charge is 0.330 e. The molecule has 0 saturated heterocycles. The van der Waals surface area contributed by atoms with Gasteiger partial charge in [0.1, 0.15) is 0 Å². The van der Waals surface area contributed by atoms with Crippen LogP contribution >= 0.6 is 11.9 Å². The zero-order valence-electron chi connectivity index (χ0n) is 8.16. The number of hydrogen-bond acceptors (Lipinski definition) is 3. The van der Waals surface area contributed by atoms with E-state index in [9.17, 15) is 0 Å². The molecule has 1 rings (SSSR count). The Morgan fingerprint density at radius 1 is 1.23 bits per heavy atom. The van der Waals surface area contributed by atoms with Crippen molar-refractivity contribution < 1.29 is 0 Å². The second-order valence-electron chi connectivity index (χ2n) is 3.09. The molecule has 0 saturated carbocycles. The molecule has 0 aliphatic carbocycles. The molecule has 0 aliphatic rings. The van der Waals surface area contributed by atoms with Gasteiger partial charge < -0.3 is 5.73 Å². The van der Waals surface area contributed by atoms with E-state index in [1.165, 1.54) is 10.5 Å². The van der Waals surface area contributed by atoms with Crippen LogP contribution in [0.3, 0.4) is 0 Å². The fraction of sp³-hybridized carbons (Fsp3) is 0.400. The lowest BCUT2D eigenvalue weighted by Crippen LogP contribution is -2.02. The summed E-state index contributed by atoms with van der Waals surface area (Å²) in [5.41, 5.74) is 6.78. The first-order chi connectivity index (χ1) is 6.22. The molecule has 3 heteroatoms. The van der Waals surface area contributed by atoms with E-state index in [4.69, 9.17) is 5.73 Å². The van der Waals surface area contributed by atoms with Gasteiger partial charge in [0.15, 0.2) is 0 Å². The molecule has 1 aromatic carbocycles. The molecule has 0 unspecified atom stereocenters. The van der Waals surface area contributed by atoms with Gasteiger partial charge in [-0.3, -0.25) is 4.31 Å². The fourth-order valence-corrected chi connectivity index (χ4v) is 1.77. The van der Waals surface area contributed by atoms with Gasteiger partial charge in [0.05, 0.1) is 0 Å². The molecule has 0 heterocycles. The van der Waals surface area contributed by atoms with Gasteiger partial charge in [-0.15, -0.1) is 0 Å². The van der Waals surface area contributed by atoms with Crippen LogP contribution in [0.1, 0.15) is 5.56 Å². The topological polar surface area (TPSA) is 29.3 Å². The van der Waals surface area contributed by atoms with Crippen molar-refractivity contribution >= 4 is 11.9 Å². The van der Waals surface area contributed by atoms with Crippen molar-refractivity contribution in [1.82, 2.24) is 4.31 Å². The Morgan fingerprint density at radius 2 is 1.85 bits per heavy atom. The van der Waals surface area contributed by atoms with Crippen LogP contribution in [0.5, 0.6) is 0 Å². The third kappa shape index (κ3) is 3.81. The predicted octanol–water partition coefficient (Wildman–Crippen LogP) is 1.76. The Hall–Kier alpha value is -0.510. The lowest BCUT2D eigenvalue weighted by Gasteiger charge is -2.08. The molecule has 13 heavy (non-hydrogen) atoms. The molecule has 2 nitrogen and oxygen atoms in total. The smallest absolute Gasteiger partial charge is 0.0230 e. The Bertz CT molecular complexity index is 244. The summed E-state index contributed by atoms with van der Waals surface area (Å²) in [5.74, 6) is 0. The summed E-state index contributed by atoms with van der Waals surface area (Å²) in [5, 5.41) is 0. The maximum Gasteiger partial charge on any atom is 0.0230 e. The average molecular weight is 196 g/mol. The maximum atomic E-state index is 5.47. The minimum atomic E-state index is 0.722. The van der Waals surface area contributed by atoms with E-state index >= 15 is 0 Å². The Labute approximate surface area is 84.2 Å². The minimum Gasteiger partial charge on any atom is -0.330 e. The van der Waals surface area contributed by atoms with Gasteiger partial charge in [-0.25, -0.2) is 0 Å². The average Bonchev–Trinajstić information content (AvgIpc) is 2.08. The highest BCUT2D eigenvalue weighted by Gasteiger charge is 1.96. The van der Waals surface area contributed by atoms with Gasteiger partial charge in [-0.1, -0.05) is 12.1 Å². The highest BCUT2D eigenvalue weighted by atomic mass is 32.2. The molecule has 0 aliphatic heterocycles. The van der Waals surface area contributed by atoms with Crippen molar-refractivity contribution in [3.63, 3.8) is 0 Å². The summed E-state index contributed by atoms with van der Waals surface area (Å²) in [6.07, 6.45) is 0.965. The highest BCUT2D eigenvalue weighted by Crippen LogP contribution is 2.19. The molecule has 0 radical (unpaired) electrons. The van der Waals surface area contributed by atoms with Gasteiger partial charge in [0, 0.05) is 4.90 Å². The van der Waals surface area contributed by atoms with Crippen LogP contribution in [-0.4, -0.2) is 24.9 Å². The fourth-order valence-electron chi connectivity index (χ4n) is 1.09. The number of rotatable bonds is 4. The predicted molar refractivity (Wildman–Crippen MR) is 58.7 cm³/mol. The van der Waals surface area contributed by atoms with Crippen molar-refractivity contribution in [2.24, 2.45) is 5.73 Å². The van der Waals surface area contributed by atoms with Crippen molar-refractivity contribution in [3.05, 3.63) is 29.8 Å². The molecule has 2 N–H and O–H groups in total. The van der Waals surface area contributed by atoms with Crippen molar-refractivity contribution in [1.29, 1.82) is 0 Å². The van der Waals surface area contributed by atoms with Crippen molar-refractivity contribution in [2.45, 2.75) is 11.3 Å². The number of benzene rings is 1. The first-order valence-corrected chi connectivity index (χ1v) is 5.14. The number of hydrogen-bond donors (Lipinski definition) is 1. The third-order valence-electron chi connectivity index (χ3n) is 1.64. The molecule has 1 aromatic rings. The second kappa shape index (κ2) is 5.27. The molecule has 0 bridgehead atoms. The SMILES string of the molecule is CN(C)Sc1ccc(CCN)cc1. The summed E-state index contributed by atoms with van der Waals surface area (Å²) >= 11 is 1.73. The van der Waals surface area contributed by atoms with Crippen LogP contribution in [0.2, 0.25) is 0 Å².